The molecule has 0 saturated heterocycles. The van der Waals surface area contributed by atoms with E-state index < -0.39 is 6.16 Å². The summed E-state index contributed by atoms with van der Waals surface area (Å²) in [6, 6.07) is 4.78. The maximum absolute atomic E-state index is 10.5. The Morgan fingerprint density at radius 2 is 1.90 bits per heavy atom. The van der Waals surface area contributed by atoms with Crippen molar-refractivity contribution in [3.05, 3.63) is 23.8 Å². The second-order valence-electron chi connectivity index (χ2n) is 5.48. The summed E-state index contributed by atoms with van der Waals surface area (Å²) in [5.74, 6) is 0.292. The van der Waals surface area contributed by atoms with Crippen molar-refractivity contribution >= 4 is 6.16 Å². The molecule has 1 aromatic carbocycles. The van der Waals surface area contributed by atoms with Crippen LogP contribution in [0.4, 0.5) is 4.79 Å². The first-order valence-corrected chi connectivity index (χ1v) is 7.15. The molecule has 1 aliphatic rings. The van der Waals surface area contributed by atoms with Crippen LogP contribution in [-0.4, -0.2) is 34.1 Å². The van der Waals surface area contributed by atoms with Crippen molar-refractivity contribution in [3.63, 3.8) is 0 Å². The van der Waals surface area contributed by atoms with Crippen LogP contribution < -0.4 is 5.32 Å². The van der Waals surface area contributed by atoms with Crippen LogP contribution in [0.2, 0.25) is 0 Å². The smallest absolute Gasteiger partial charge is 0.504 e. The maximum atomic E-state index is 10.5. The Morgan fingerprint density at radius 1 is 1.19 bits per heavy atom. The van der Waals surface area contributed by atoms with Crippen LogP contribution in [0.3, 0.4) is 0 Å². The van der Waals surface area contributed by atoms with Crippen molar-refractivity contribution in [3.8, 4) is 11.5 Å². The first kappa shape index (κ1) is 15.4. The molecule has 0 bridgehead atoms. The van der Waals surface area contributed by atoms with Gasteiger partial charge < -0.3 is 25.4 Å². The standard InChI is InChI=1S/C15H21NO5/c17-13-6-3-11(7-14(13)18)9-16-8-10-1-4-12(5-2-10)21-15(19)20/h3,6-7,10,12,16-18H,1-2,4-5,8-9H2,(H,19,20)/t10-,12-. The van der Waals surface area contributed by atoms with Crippen LogP contribution in [0, 0.1) is 5.92 Å². The van der Waals surface area contributed by atoms with Crippen molar-refractivity contribution in [1.82, 2.24) is 5.32 Å². The molecule has 116 valence electrons. The van der Waals surface area contributed by atoms with Crippen molar-refractivity contribution in [1.29, 1.82) is 0 Å². The summed E-state index contributed by atoms with van der Waals surface area (Å²) in [4.78, 5) is 10.5. The first-order chi connectivity index (χ1) is 10.0. The molecule has 2 rings (SSSR count). The topological polar surface area (TPSA) is 99.0 Å². The van der Waals surface area contributed by atoms with Crippen molar-refractivity contribution in [2.24, 2.45) is 5.92 Å². The van der Waals surface area contributed by atoms with E-state index in [0.717, 1.165) is 37.8 Å². The number of phenols is 2. The lowest BCUT2D eigenvalue weighted by atomic mass is 9.87. The number of rotatable bonds is 5. The van der Waals surface area contributed by atoms with Gasteiger partial charge in [0.2, 0.25) is 0 Å². The van der Waals surface area contributed by atoms with E-state index in [9.17, 15) is 15.0 Å². The molecule has 0 radical (unpaired) electrons. The fourth-order valence-corrected chi connectivity index (χ4v) is 2.70. The molecule has 0 amide bonds. The largest absolute Gasteiger partial charge is 0.506 e. The molecule has 1 fully saturated rings. The minimum atomic E-state index is -1.19. The Morgan fingerprint density at radius 3 is 2.52 bits per heavy atom. The summed E-state index contributed by atoms with van der Waals surface area (Å²) >= 11 is 0. The molecule has 0 unspecified atom stereocenters. The van der Waals surface area contributed by atoms with Gasteiger partial charge in [-0.2, -0.15) is 0 Å². The summed E-state index contributed by atoms with van der Waals surface area (Å²) in [6.45, 7) is 1.47. The predicted octanol–water partition coefficient (Wildman–Crippen LogP) is 2.44. The second-order valence-corrected chi connectivity index (χ2v) is 5.48. The third-order valence-corrected chi connectivity index (χ3v) is 3.86. The van der Waals surface area contributed by atoms with Gasteiger partial charge in [0.25, 0.3) is 0 Å². The number of aromatic hydroxyl groups is 2. The third-order valence-electron chi connectivity index (χ3n) is 3.86. The number of carbonyl (C=O) groups is 1. The van der Waals surface area contributed by atoms with Gasteiger partial charge in [-0.25, -0.2) is 4.79 Å². The quantitative estimate of drug-likeness (QED) is 0.492. The summed E-state index contributed by atoms with van der Waals surface area (Å²) in [5.41, 5.74) is 0.910. The van der Waals surface area contributed by atoms with Gasteiger partial charge in [0.15, 0.2) is 11.5 Å². The zero-order valence-corrected chi connectivity index (χ0v) is 11.8. The molecular weight excluding hydrogens is 274 g/mol. The van der Waals surface area contributed by atoms with Gasteiger partial charge in [-0.3, -0.25) is 0 Å². The second kappa shape index (κ2) is 7.17. The molecule has 0 aromatic heterocycles. The molecule has 4 N–H and O–H groups in total. The van der Waals surface area contributed by atoms with E-state index >= 15 is 0 Å². The minimum absolute atomic E-state index is 0.111. The van der Waals surface area contributed by atoms with Crippen LogP contribution in [0.1, 0.15) is 31.2 Å². The van der Waals surface area contributed by atoms with Crippen LogP contribution in [0.15, 0.2) is 18.2 Å². The van der Waals surface area contributed by atoms with Gasteiger partial charge in [0.1, 0.15) is 6.10 Å². The van der Waals surface area contributed by atoms with Crippen LogP contribution in [-0.2, 0) is 11.3 Å². The lowest BCUT2D eigenvalue weighted by Crippen LogP contribution is -2.29. The average Bonchev–Trinajstić information content (AvgIpc) is 2.44. The number of benzene rings is 1. The van der Waals surface area contributed by atoms with Gasteiger partial charge >= 0.3 is 6.16 Å². The molecule has 21 heavy (non-hydrogen) atoms. The number of ether oxygens (including phenoxy) is 1. The highest BCUT2D eigenvalue weighted by Gasteiger charge is 2.23. The summed E-state index contributed by atoms with van der Waals surface area (Å²) < 4.78 is 4.78. The molecule has 6 heteroatoms. The number of hydrogen-bond donors (Lipinski definition) is 4. The summed E-state index contributed by atoms with van der Waals surface area (Å²) in [6.07, 6.45) is 2.10. The van der Waals surface area contributed by atoms with Gasteiger partial charge in [0.05, 0.1) is 0 Å². The summed E-state index contributed by atoms with van der Waals surface area (Å²) in [5, 5.41) is 30.5. The summed E-state index contributed by atoms with van der Waals surface area (Å²) in [7, 11) is 0. The zero-order chi connectivity index (χ0) is 15.2. The third kappa shape index (κ3) is 4.82. The number of hydrogen-bond acceptors (Lipinski definition) is 5. The molecule has 0 atom stereocenters. The van der Waals surface area contributed by atoms with E-state index in [1.807, 2.05) is 0 Å². The van der Waals surface area contributed by atoms with Crippen LogP contribution >= 0.6 is 0 Å². The lowest BCUT2D eigenvalue weighted by Gasteiger charge is -2.27. The Hall–Kier alpha value is -1.95. The average molecular weight is 295 g/mol. The van der Waals surface area contributed by atoms with Gasteiger partial charge in [-0.15, -0.1) is 0 Å². The lowest BCUT2D eigenvalue weighted by molar-refractivity contribution is 0.0284. The van der Waals surface area contributed by atoms with Crippen LogP contribution in [0.25, 0.3) is 0 Å². The Labute approximate surface area is 123 Å². The molecule has 6 nitrogen and oxygen atoms in total. The highest BCUT2D eigenvalue weighted by molar-refractivity contribution is 5.57. The first-order valence-electron chi connectivity index (χ1n) is 7.15. The molecule has 0 spiro atoms. The maximum Gasteiger partial charge on any atom is 0.506 e. The number of carboxylic acid groups (broad SMARTS) is 1. The molecular formula is C15H21NO5. The van der Waals surface area contributed by atoms with Gasteiger partial charge in [-0.05, 0) is 55.8 Å². The fraction of sp³-hybridized carbons (Fsp3) is 0.533. The van der Waals surface area contributed by atoms with Crippen molar-refractivity contribution in [2.45, 2.75) is 38.3 Å². The molecule has 1 saturated carbocycles. The van der Waals surface area contributed by atoms with E-state index in [1.165, 1.54) is 6.07 Å². The van der Waals surface area contributed by atoms with E-state index in [1.54, 1.807) is 12.1 Å². The molecule has 1 aromatic rings. The predicted molar refractivity (Wildman–Crippen MR) is 76.3 cm³/mol. The highest BCUT2D eigenvalue weighted by Crippen LogP contribution is 2.27. The van der Waals surface area contributed by atoms with Crippen LogP contribution in [0.5, 0.6) is 11.5 Å². The Balaban J connectivity index is 1.68. The van der Waals surface area contributed by atoms with E-state index in [0.29, 0.717) is 12.5 Å². The molecule has 0 aliphatic heterocycles. The van der Waals surface area contributed by atoms with E-state index in [-0.39, 0.29) is 17.6 Å². The highest BCUT2D eigenvalue weighted by atomic mass is 16.7. The van der Waals surface area contributed by atoms with E-state index in [4.69, 9.17) is 9.84 Å². The minimum Gasteiger partial charge on any atom is -0.504 e. The zero-order valence-electron chi connectivity index (χ0n) is 11.8. The molecule has 0 heterocycles. The Kier molecular flexibility index (Phi) is 5.27. The fourth-order valence-electron chi connectivity index (χ4n) is 2.70. The van der Waals surface area contributed by atoms with E-state index in [2.05, 4.69) is 5.32 Å². The number of nitrogens with one attached hydrogen (secondary N) is 1. The number of phenolic OH excluding ortho intramolecular Hbond substituents is 2. The van der Waals surface area contributed by atoms with Crippen molar-refractivity contribution in [2.75, 3.05) is 6.54 Å². The Bertz CT molecular complexity index is 483. The monoisotopic (exact) mass is 295 g/mol. The van der Waals surface area contributed by atoms with Gasteiger partial charge in [0, 0.05) is 6.54 Å². The normalized spacial score (nSPS) is 21.9. The SMILES string of the molecule is O=C(O)O[C@H]1CC[C@H](CNCc2ccc(O)c(O)c2)CC1. The van der Waals surface area contributed by atoms with Gasteiger partial charge in [-0.1, -0.05) is 6.07 Å². The van der Waals surface area contributed by atoms with Crippen molar-refractivity contribution < 1.29 is 24.9 Å². The molecule has 1 aliphatic carbocycles.